The Morgan fingerprint density at radius 1 is 1.26 bits per heavy atom. The van der Waals surface area contributed by atoms with Gasteiger partial charge in [0, 0.05) is 11.7 Å². The van der Waals surface area contributed by atoms with E-state index in [2.05, 4.69) is 17.4 Å². The summed E-state index contributed by atoms with van der Waals surface area (Å²) in [7, 11) is 0. The molecule has 1 atom stereocenters. The van der Waals surface area contributed by atoms with Crippen molar-refractivity contribution in [3.8, 4) is 0 Å². The van der Waals surface area contributed by atoms with Crippen molar-refractivity contribution in [3.63, 3.8) is 0 Å². The van der Waals surface area contributed by atoms with Crippen LogP contribution in [-0.2, 0) is 4.79 Å². The molecule has 0 aliphatic heterocycles. The predicted molar refractivity (Wildman–Crippen MR) is 77.6 cm³/mol. The number of anilines is 1. The standard InChI is InChI=1S/C16H23NO2/c1-12(11-16(18)19)13-7-9-15(10-8-13)17-14-5-3-2-4-6-14/h7-10,12,14,17H,2-6,11H2,1H3,(H,18,19). The topological polar surface area (TPSA) is 49.3 Å². The van der Waals surface area contributed by atoms with Gasteiger partial charge in [-0.2, -0.15) is 0 Å². The summed E-state index contributed by atoms with van der Waals surface area (Å²) in [5.74, 6) is -0.668. The van der Waals surface area contributed by atoms with Crippen LogP contribution in [0.4, 0.5) is 5.69 Å². The molecular weight excluding hydrogens is 238 g/mol. The van der Waals surface area contributed by atoms with E-state index >= 15 is 0 Å². The van der Waals surface area contributed by atoms with Crippen molar-refractivity contribution in [1.82, 2.24) is 0 Å². The van der Waals surface area contributed by atoms with Gasteiger partial charge in [0.15, 0.2) is 0 Å². The molecule has 1 saturated carbocycles. The summed E-state index contributed by atoms with van der Waals surface area (Å²) in [5, 5.41) is 12.4. The average Bonchev–Trinajstić information content (AvgIpc) is 2.40. The van der Waals surface area contributed by atoms with Crippen LogP contribution in [0.1, 0.15) is 56.9 Å². The van der Waals surface area contributed by atoms with Crippen molar-refractivity contribution in [2.75, 3.05) is 5.32 Å². The largest absolute Gasteiger partial charge is 0.481 e. The lowest BCUT2D eigenvalue weighted by Crippen LogP contribution is -2.22. The normalized spacial score (nSPS) is 17.9. The van der Waals surface area contributed by atoms with E-state index in [1.807, 2.05) is 19.1 Å². The Morgan fingerprint density at radius 2 is 1.89 bits per heavy atom. The summed E-state index contributed by atoms with van der Waals surface area (Å²) < 4.78 is 0. The minimum Gasteiger partial charge on any atom is -0.481 e. The van der Waals surface area contributed by atoms with Crippen molar-refractivity contribution >= 4 is 11.7 Å². The molecule has 1 aliphatic rings. The van der Waals surface area contributed by atoms with Crippen molar-refractivity contribution in [1.29, 1.82) is 0 Å². The van der Waals surface area contributed by atoms with Gasteiger partial charge in [-0.25, -0.2) is 0 Å². The summed E-state index contributed by atoms with van der Waals surface area (Å²) in [6, 6.07) is 8.83. The summed E-state index contributed by atoms with van der Waals surface area (Å²) in [4.78, 5) is 10.7. The number of nitrogens with one attached hydrogen (secondary N) is 1. The molecule has 0 heterocycles. The SMILES string of the molecule is CC(CC(=O)O)c1ccc(NC2CCCCC2)cc1. The molecule has 1 aliphatic carbocycles. The van der Waals surface area contributed by atoms with Crippen LogP contribution in [0.15, 0.2) is 24.3 Å². The number of carboxylic acid groups (broad SMARTS) is 1. The maximum Gasteiger partial charge on any atom is 0.303 e. The van der Waals surface area contributed by atoms with Crippen molar-refractivity contribution in [3.05, 3.63) is 29.8 Å². The quantitative estimate of drug-likeness (QED) is 0.842. The van der Waals surface area contributed by atoms with Gasteiger partial charge in [0.1, 0.15) is 0 Å². The molecular formula is C16H23NO2. The smallest absolute Gasteiger partial charge is 0.303 e. The van der Waals surface area contributed by atoms with Gasteiger partial charge >= 0.3 is 5.97 Å². The molecule has 2 N–H and O–H groups in total. The Balaban J connectivity index is 1.92. The first-order valence-electron chi connectivity index (χ1n) is 7.23. The second-order valence-corrected chi connectivity index (χ2v) is 5.60. The minimum absolute atomic E-state index is 0.0706. The molecule has 3 nitrogen and oxygen atoms in total. The first-order valence-corrected chi connectivity index (χ1v) is 7.23. The third-order valence-corrected chi connectivity index (χ3v) is 3.94. The van der Waals surface area contributed by atoms with Gasteiger partial charge < -0.3 is 10.4 Å². The fourth-order valence-corrected chi connectivity index (χ4v) is 2.77. The maximum absolute atomic E-state index is 10.7. The number of rotatable bonds is 5. The van der Waals surface area contributed by atoms with E-state index in [0.29, 0.717) is 6.04 Å². The molecule has 0 bridgehead atoms. The highest BCUT2D eigenvalue weighted by Crippen LogP contribution is 2.24. The number of aliphatic carboxylic acids is 1. The first kappa shape index (κ1) is 13.9. The summed E-state index contributed by atoms with van der Waals surface area (Å²) in [6.07, 6.45) is 6.73. The van der Waals surface area contributed by atoms with Gasteiger partial charge in [0.25, 0.3) is 0 Å². The second kappa shape index (κ2) is 6.60. The number of carboxylic acids is 1. The molecule has 1 unspecified atom stereocenters. The van der Waals surface area contributed by atoms with E-state index in [1.165, 1.54) is 32.1 Å². The third kappa shape index (κ3) is 4.27. The second-order valence-electron chi connectivity index (χ2n) is 5.60. The highest BCUT2D eigenvalue weighted by atomic mass is 16.4. The van der Waals surface area contributed by atoms with Crippen LogP contribution in [0.25, 0.3) is 0 Å². The van der Waals surface area contributed by atoms with E-state index in [4.69, 9.17) is 5.11 Å². The number of hydrogen-bond acceptors (Lipinski definition) is 2. The van der Waals surface area contributed by atoms with E-state index in [1.54, 1.807) is 0 Å². The van der Waals surface area contributed by atoms with Gasteiger partial charge in [0.2, 0.25) is 0 Å². The van der Waals surface area contributed by atoms with Crippen LogP contribution in [0, 0.1) is 0 Å². The molecule has 0 amide bonds. The van der Waals surface area contributed by atoms with Gasteiger partial charge in [0.05, 0.1) is 6.42 Å². The summed E-state index contributed by atoms with van der Waals surface area (Å²) >= 11 is 0. The molecule has 1 aromatic rings. The average molecular weight is 261 g/mol. The van der Waals surface area contributed by atoms with Gasteiger partial charge in [-0.15, -0.1) is 0 Å². The molecule has 0 aromatic heterocycles. The number of benzene rings is 1. The monoisotopic (exact) mass is 261 g/mol. The highest BCUT2D eigenvalue weighted by Gasteiger charge is 2.13. The third-order valence-electron chi connectivity index (χ3n) is 3.94. The van der Waals surface area contributed by atoms with E-state index in [0.717, 1.165) is 11.3 Å². The highest BCUT2D eigenvalue weighted by molar-refractivity contribution is 5.68. The Morgan fingerprint density at radius 3 is 2.47 bits per heavy atom. The maximum atomic E-state index is 10.7. The molecule has 0 radical (unpaired) electrons. The van der Waals surface area contributed by atoms with Crippen molar-refractivity contribution < 1.29 is 9.90 Å². The molecule has 3 heteroatoms. The summed E-state index contributed by atoms with van der Waals surface area (Å²) in [6.45, 7) is 1.96. The van der Waals surface area contributed by atoms with Crippen molar-refractivity contribution in [2.24, 2.45) is 0 Å². The van der Waals surface area contributed by atoms with Crippen LogP contribution in [0.3, 0.4) is 0 Å². The molecule has 0 saturated heterocycles. The van der Waals surface area contributed by atoms with Crippen LogP contribution < -0.4 is 5.32 Å². The molecule has 0 spiro atoms. The molecule has 1 aromatic carbocycles. The van der Waals surface area contributed by atoms with Crippen LogP contribution in [0.2, 0.25) is 0 Å². The molecule has 104 valence electrons. The Bertz CT molecular complexity index is 407. The van der Waals surface area contributed by atoms with Crippen LogP contribution in [0.5, 0.6) is 0 Å². The van der Waals surface area contributed by atoms with Crippen LogP contribution in [-0.4, -0.2) is 17.1 Å². The molecule has 2 rings (SSSR count). The lowest BCUT2D eigenvalue weighted by molar-refractivity contribution is -0.137. The Kier molecular flexibility index (Phi) is 4.83. The first-order chi connectivity index (χ1) is 9.15. The van der Waals surface area contributed by atoms with E-state index in [-0.39, 0.29) is 12.3 Å². The van der Waals surface area contributed by atoms with Gasteiger partial charge in [-0.1, -0.05) is 38.3 Å². The van der Waals surface area contributed by atoms with E-state index in [9.17, 15) is 4.79 Å². The van der Waals surface area contributed by atoms with Crippen LogP contribution >= 0.6 is 0 Å². The molecule has 19 heavy (non-hydrogen) atoms. The number of carbonyl (C=O) groups is 1. The lowest BCUT2D eigenvalue weighted by atomic mass is 9.94. The molecule has 1 fully saturated rings. The van der Waals surface area contributed by atoms with Crippen molar-refractivity contribution in [2.45, 2.75) is 57.4 Å². The zero-order chi connectivity index (χ0) is 13.7. The Hall–Kier alpha value is -1.51. The number of hydrogen-bond donors (Lipinski definition) is 2. The van der Waals surface area contributed by atoms with Gasteiger partial charge in [-0.05, 0) is 36.5 Å². The van der Waals surface area contributed by atoms with E-state index < -0.39 is 5.97 Å². The summed E-state index contributed by atoms with van der Waals surface area (Å²) in [5.41, 5.74) is 2.25. The Labute approximate surface area is 115 Å². The zero-order valence-corrected chi connectivity index (χ0v) is 11.6. The predicted octanol–water partition coefficient (Wildman–Crippen LogP) is 4.01. The fourth-order valence-electron chi connectivity index (χ4n) is 2.77. The minimum atomic E-state index is -0.739. The zero-order valence-electron chi connectivity index (χ0n) is 11.6. The fraction of sp³-hybridized carbons (Fsp3) is 0.562. The lowest BCUT2D eigenvalue weighted by Gasteiger charge is -2.24. The van der Waals surface area contributed by atoms with Gasteiger partial charge in [-0.3, -0.25) is 4.79 Å².